The number of likely N-dealkylation sites (N-methyl/N-ethyl adjacent to an activating group) is 1. The maximum Gasteiger partial charge on any atom is 0.243 e. The molecule has 0 bridgehead atoms. The molecular weight excluding hydrogens is 340 g/mol. The molecule has 6 heteroatoms. The highest BCUT2D eigenvalue weighted by Gasteiger charge is 2.65. The van der Waals surface area contributed by atoms with Crippen molar-refractivity contribution in [3.63, 3.8) is 0 Å². The van der Waals surface area contributed by atoms with Gasteiger partial charge in [-0.05, 0) is 32.1 Å². The molecule has 1 spiro atoms. The number of ether oxygens (including phenoxy) is 1. The second-order valence-electron chi connectivity index (χ2n) is 9.24. The van der Waals surface area contributed by atoms with Gasteiger partial charge in [-0.3, -0.25) is 4.79 Å². The van der Waals surface area contributed by atoms with Crippen molar-refractivity contribution < 1.29 is 9.53 Å². The number of carbonyl (C=O) groups is 1. The van der Waals surface area contributed by atoms with Gasteiger partial charge < -0.3 is 20.3 Å². The first kappa shape index (κ1) is 19.0. The van der Waals surface area contributed by atoms with Gasteiger partial charge in [-0.15, -0.1) is 0 Å². The lowest BCUT2D eigenvalue weighted by atomic mass is 9.54. The monoisotopic (exact) mass is 376 g/mol. The summed E-state index contributed by atoms with van der Waals surface area (Å²) in [7, 11) is 3.58. The molecule has 27 heavy (non-hydrogen) atoms. The Labute approximate surface area is 163 Å². The third-order valence-electron chi connectivity index (χ3n) is 7.40. The molecule has 3 atom stereocenters. The van der Waals surface area contributed by atoms with Crippen molar-refractivity contribution in [3.05, 3.63) is 0 Å². The molecule has 0 aromatic carbocycles. The van der Waals surface area contributed by atoms with Crippen LogP contribution in [-0.2, 0) is 9.53 Å². The highest BCUT2D eigenvalue weighted by molar-refractivity contribution is 5.85. The lowest BCUT2D eigenvalue weighted by Gasteiger charge is -2.57. The molecule has 3 saturated carbocycles. The van der Waals surface area contributed by atoms with Crippen LogP contribution in [0.4, 0.5) is 0 Å². The molecule has 3 aliphatic carbocycles. The molecule has 3 unspecified atom stereocenters. The van der Waals surface area contributed by atoms with Crippen molar-refractivity contribution in [2.24, 2.45) is 16.3 Å². The predicted octanol–water partition coefficient (Wildman–Crippen LogP) is 2.29. The van der Waals surface area contributed by atoms with Crippen LogP contribution in [0.2, 0.25) is 0 Å². The zero-order valence-electron chi connectivity index (χ0n) is 17.0. The fourth-order valence-corrected chi connectivity index (χ4v) is 5.91. The van der Waals surface area contributed by atoms with Crippen LogP contribution >= 0.6 is 0 Å². The van der Waals surface area contributed by atoms with E-state index in [0.29, 0.717) is 29.5 Å². The van der Waals surface area contributed by atoms with Crippen LogP contribution in [0.5, 0.6) is 0 Å². The van der Waals surface area contributed by atoms with Crippen molar-refractivity contribution >= 4 is 11.9 Å². The van der Waals surface area contributed by atoms with E-state index in [9.17, 15) is 4.79 Å². The minimum absolute atomic E-state index is 0.0472. The van der Waals surface area contributed by atoms with Gasteiger partial charge in [-0.1, -0.05) is 32.1 Å². The van der Waals surface area contributed by atoms with Gasteiger partial charge in [0.15, 0.2) is 5.96 Å². The molecule has 4 aliphatic rings. The second-order valence-corrected chi connectivity index (χ2v) is 9.24. The molecule has 0 aromatic heterocycles. The van der Waals surface area contributed by atoms with E-state index < -0.39 is 0 Å². The average molecular weight is 377 g/mol. The molecule has 152 valence electrons. The summed E-state index contributed by atoms with van der Waals surface area (Å²) in [6, 6.07) is 0.923. The first-order chi connectivity index (χ1) is 13.1. The number of amides is 1. The number of carbonyl (C=O) groups excluding carboxylic acids is 1. The van der Waals surface area contributed by atoms with Crippen LogP contribution < -0.4 is 10.6 Å². The average Bonchev–Trinajstić information content (AvgIpc) is 3.33. The molecule has 0 aromatic rings. The van der Waals surface area contributed by atoms with Crippen LogP contribution in [0.1, 0.15) is 64.2 Å². The fraction of sp³-hybridized carbons (Fsp3) is 0.905. The normalized spacial score (nSPS) is 32.8. The van der Waals surface area contributed by atoms with E-state index in [0.717, 1.165) is 19.0 Å². The largest absolute Gasteiger partial charge is 0.377 e. The summed E-state index contributed by atoms with van der Waals surface area (Å²) in [5, 5.41) is 7.45. The van der Waals surface area contributed by atoms with Crippen LogP contribution in [0.3, 0.4) is 0 Å². The van der Waals surface area contributed by atoms with E-state index in [1.165, 1.54) is 57.8 Å². The second kappa shape index (κ2) is 7.98. The van der Waals surface area contributed by atoms with Gasteiger partial charge in [0.05, 0.1) is 6.10 Å². The zero-order valence-corrected chi connectivity index (χ0v) is 17.0. The summed E-state index contributed by atoms with van der Waals surface area (Å²) >= 11 is 0. The van der Waals surface area contributed by atoms with Gasteiger partial charge in [-0.2, -0.15) is 0 Å². The Morgan fingerprint density at radius 3 is 2.52 bits per heavy atom. The minimum atomic E-state index is 0.0472. The molecule has 6 nitrogen and oxygen atoms in total. The van der Waals surface area contributed by atoms with Crippen molar-refractivity contribution in [2.45, 2.75) is 82.4 Å². The van der Waals surface area contributed by atoms with E-state index in [2.05, 4.69) is 10.6 Å². The highest BCUT2D eigenvalue weighted by Crippen LogP contribution is 2.60. The number of guanidine groups is 1. The van der Waals surface area contributed by atoms with E-state index in [1.807, 2.05) is 0 Å². The van der Waals surface area contributed by atoms with Crippen LogP contribution in [0.25, 0.3) is 0 Å². The van der Waals surface area contributed by atoms with E-state index in [-0.39, 0.29) is 12.5 Å². The number of fused-ring (bicyclic) bond motifs is 2. The SMILES string of the molecule is CN(C)C(=O)CN=C(NC1CCCCC1)NC1C2CCOC2C12CCCC2. The Bertz CT molecular complexity index is 565. The van der Waals surface area contributed by atoms with Crippen molar-refractivity contribution in [3.8, 4) is 0 Å². The number of rotatable bonds is 4. The van der Waals surface area contributed by atoms with Gasteiger partial charge in [0.25, 0.3) is 0 Å². The summed E-state index contributed by atoms with van der Waals surface area (Å²) in [4.78, 5) is 18.4. The molecule has 1 amide bonds. The molecule has 1 aliphatic heterocycles. The molecule has 4 rings (SSSR count). The third kappa shape index (κ3) is 3.69. The van der Waals surface area contributed by atoms with Crippen LogP contribution in [-0.4, -0.2) is 62.2 Å². The summed E-state index contributed by atoms with van der Waals surface area (Å²) in [5.41, 5.74) is 0.293. The van der Waals surface area contributed by atoms with Crippen LogP contribution in [0, 0.1) is 11.3 Å². The van der Waals surface area contributed by atoms with E-state index in [1.54, 1.807) is 19.0 Å². The molecule has 1 saturated heterocycles. The van der Waals surface area contributed by atoms with Crippen molar-refractivity contribution in [1.82, 2.24) is 15.5 Å². The summed E-state index contributed by atoms with van der Waals surface area (Å²) in [6.07, 6.45) is 13.1. The molecule has 2 N–H and O–H groups in total. The molecule has 4 fully saturated rings. The lowest BCUT2D eigenvalue weighted by molar-refractivity contribution is -0.127. The molecular formula is C21H36N4O2. The Morgan fingerprint density at radius 1 is 1.07 bits per heavy atom. The maximum absolute atomic E-state index is 12.1. The quantitative estimate of drug-likeness (QED) is 0.584. The topological polar surface area (TPSA) is 66.0 Å². The van der Waals surface area contributed by atoms with E-state index >= 15 is 0 Å². The summed E-state index contributed by atoms with van der Waals surface area (Å²) in [5.74, 6) is 1.50. The van der Waals surface area contributed by atoms with Gasteiger partial charge in [0.1, 0.15) is 6.54 Å². The van der Waals surface area contributed by atoms with E-state index in [4.69, 9.17) is 9.73 Å². The predicted molar refractivity (Wildman–Crippen MR) is 107 cm³/mol. The Hall–Kier alpha value is -1.30. The number of nitrogens with zero attached hydrogens (tertiary/aromatic N) is 2. The molecule has 1 heterocycles. The maximum atomic E-state index is 12.1. The zero-order chi connectivity index (χ0) is 18.9. The van der Waals surface area contributed by atoms with Crippen LogP contribution in [0.15, 0.2) is 4.99 Å². The fourth-order valence-electron chi connectivity index (χ4n) is 5.91. The summed E-state index contributed by atoms with van der Waals surface area (Å²) < 4.78 is 6.12. The minimum Gasteiger partial charge on any atom is -0.377 e. The first-order valence-electron chi connectivity index (χ1n) is 11.0. The van der Waals surface area contributed by atoms with Gasteiger partial charge in [0.2, 0.25) is 5.91 Å². The van der Waals surface area contributed by atoms with Gasteiger partial charge in [0, 0.05) is 44.1 Å². The number of nitrogens with one attached hydrogen (secondary N) is 2. The third-order valence-corrected chi connectivity index (χ3v) is 7.40. The lowest BCUT2D eigenvalue weighted by Crippen LogP contribution is -2.69. The Kier molecular flexibility index (Phi) is 5.62. The van der Waals surface area contributed by atoms with Gasteiger partial charge in [-0.25, -0.2) is 4.99 Å². The Morgan fingerprint density at radius 2 is 1.81 bits per heavy atom. The number of hydrogen-bond acceptors (Lipinski definition) is 3. The summed E-state index contributed by atoms with van der Waals surface area (Å²) in [6.45, 7) is 1.11. The van der Waals surface area contributed by atoms with Crippen molar-refractivity contribution in [1.29, 1.82) is 0 Å². The van der Waals surface area contributed by atoms with Gasteiger partial charge >= 0.3 is 0 Å². The highest BCUT2D eigenvalue weighted by atomic mass is 16.5. The molecule has 0 radical (unpaired) electrons. The first-order valence-corrected chi connectivity index (χ1v) is 11.0. The van der Waals surface area contributed by atoms with Crippen molar-refractivity contribution in [2.75, 3.05) is 27.2 Å². The number of hydrogen-bond donors (Lipinski definition) is 2. The Balaban J connectivity index is 1.47. The standard InChI is InChI=1S/C21H36N4O2/c1-25(2)17(26)14-22-20(23-15-8-4-3-5-9-15)24-18-16-10-13-27-19(16)21(18)11-6-7-12-21/h15-16,18-19H,3-14H2,1-2H3,(H2,22,23,24). The smallest absolute Gasteiger partial charge is 0.243 e. The number of aliphatic imine (C=N–C) groups is 1.